The molecule has 1 aliphatic heterocycles. The van der Waals surface area contributed by atoms with E-state index in [1.165, 1.54) is 12.1 Å². The topological polar surface area (TPSA) is 12.0 Å². The van der Waals surface area contributed by atoms with E-state index in [9.17, 15) is 13.2 Å². The molecule has 0 spiro atoms. The maximum absolute atomic E-state index is 12.9. The van der Waals surface area contributed by atoms with E-state index in [0.29, 0.717) is 12.1 Å². The van der Waals surface area contributed by atoms with Crippen LogP contribution in [0.5, 0.6) is 0 Å². The third kappa shape index (κ3) is 1.94. The zero-order valence-corrected chi connectivity index (χ0v) is 9.06. The predicted molar refractivity (Wildman–Crippen MR) is 56.3 cm³/mol. The van der Waals surface area contributed by atoms with Crippen molar-refractivity contribution in [1.82, 2.24) is 5.32 Å². The Hall–Kier alpha value is -1.03. The normalized spacial score (nSPS) is 26.0. The van der Waals surface area contributed by atoms with Gasteiger partial charge < -0.3 is 5.32 Å². The summed E-state index contributed by atoms with van der Waals surface area (Å²) in [6.07, 6.45) is -3.51. The molecule has 1 nitrogen and oxygen atoms in total. The smallest absolute Gasteiger partial charge is 0.316 e. The standard InChI is InChI=1S/C12H14F3N/c1-11(6-7-16-8-11)9-4-2-3-5-10(9)12(13,14)15/h2-5,16H,6-8H2,1H3. The molecule has 1 atom stereocenters. The monoisotopic (exact) mass is 229 g/mol. The molecule has 1 fully saturated rings. The molecule has 0 aliphatic carbocycles. The van der Waals surface area contributed by atoms with Crippen LogP contribution in [-0.2, 0) is 11.6 Å². The van der Waals surface area contributed by atoms with Gasteiger partial charge in [-0.3, -0.25) is 0 Å². The van der Waals surface area contributed by atoms with Crippen molar-refractivity contribution in [3.63, 3.8) is 0 Å². The van der Waals surface area contributed by atoms with Crippen LogP contribution in [0.25, 0.3) is 0 Å². The lowest BCUT2D eigenvalue weighted by Crippen LogP contribution is -2.28. The van der Waals surface area contributed by atoms with E-state index in [1.807, 2.05) is 6.92 Å². The van der Waals surface area contributed by atoms with Gasteiger partial charge in [0.15, 0.2) is 0 Å². The first-order valence-corrected chi connectivity index (χ1v) is 5.31. The van der Waals surface area contributed by atoms with Crippen molar-refractivity contribution < 1.29 is 13.2 Å². The van der Waals surface area contributed by atoms with Gasteiger partial charge >= 0.3 is 6.18 Å². The van der Waals surface area contributed by atoms with Crippen LogP contribution in [-0.4, -0.2) is 13.1 Å². The van der Waals surface area contributed by atoms with Gasteiger partial charge in [0.25, 0.3) is 0 Å². The van der Waals surface area contributed by atoms with Gasteiger partial charge in [0.1, 0.15) is 0 Å². The summed E-state index contributed by atoms with van der Waals surface area (Å²) in [7, 11) is 0. The lowest BCUT2D eigenvalue weighted by atomic mass is 9.79. The van der Waals surface area contributed by atoms with Crippen molar-refractivity contribution in [2.75, 3.05) is 13.1 Å². The highest BCUT2D eigenvalue weighted by Crippen LogP contribution is 2.39. The molecule has 1 heterocycles. The van der Waals surface area contributed by atoms with E-state index in [0.717, 1.165) is 13.0 Å². The van der Waals surface area contributed by atoms with Gasteiger partial charge in [0.05, 0.1) is 5.56 Å². The van der Waals surface area contributed by atoms with Crippen LogP contribution >= 0.6 is 0 Å². The molecule has 1 unspecified atom stereocenters. The number of nitrogens with one attached hydrogen (secondary N) is 1. The Morgan fingerprint density at radius 2 is 1.94 bits per heavy atom. The maximum Gasteiger partial charge on any atom is 0.416 e. The highest BCUT2D eigenvalue weighted by Gasteiger charge is 2.40. The Labute approximate surface area is 92.7 Å². The van der Waals surface area contributed by atoms with Crippen LogP contribution in [0.2, 0.25) is 0 Å². The molecule has 16 heavy (non-hydrogen) atoms. The summed E-state index contributed by atoms with van der Waals surface area (Å²) in [5, 5.41) is 3.12. The van der Waals surface area contributed by atoms with Crippen molar-refractivity contribution in [3.05, 3.63) is 35.4 Å². The zero-order chi connectivity index (χ0) is 11.8. The van der Waals surface area contributed by atoms with Gasteiger partial charge in [-0.25, -0.2) is 0 Å². The van der Waals surface area contributed by atoms with Gasteiger partial charge in [-0.15, -0.1) is 0 Å². The molecular weight excluding hydrogens is 215 g/mol. The number of hydrogen-bond donors (Lipinski definition) is 1. The fourth-order valence-electron chi connectivity index (χ4n) is 2.30. The summed E-state index contributed by atoms with van der Waals surface area (Å²) < 4.78 is 38.6. The zero-order valence-electron chi connectivity index (χ0n) is 9.06. The maximum atomic E-state index is 12.9. The van der Waals surface area contributed by atoms with E-state index in [4.69, 9.17) is 0 Å². The summed E-state index contributed by atoms with van der Waals surface area (Å²) in [4.78, 5) is 0. The van der Waals surface area contributed by atoms with Crippen LogP contribution in [0.15, 0.2) is 24.3 Å². The minimum absolute atomic E-state index is 0.397. The lowest BCUT2D eigenvalue weighted by molar-refractivity contribution is -0.138. The molecule has 0 bridgehead atoms. The number of hydrogen-bond acceptors (Lipinski definition) is 1. The van der Waals surface area contributed by atoms with Crippen molar-refractivity contribution in [1.29, 1.82) is 0 Å². The second-order valence-corrected chi connectivity index (χ2v) is 4.53. The van der Waals surface area contributed by atoms with Crippen molar-refractivity contribution in [2.45, 2.75) is 24.9 Å². The lowest BCUT2D eigenvalue weighted by Gasteiger charge is -2.27. The van der Waals surface area contributed by atoms with Gasteiger partial charge in [-0.2, -0.15) is 13.2 Å². The van der Waals surface area contributed by atoms with E-state index in [2.05, 4.69) is 5.32 Å². The fraction of sp³-hybridized carbons (Fsp3) is 0.500. The number of benzene rings is 1. The third-order valence-electron chi connectivity index (χ3n) is 3.25. The molecule has 1 N–H and O–H groups in total. The largest absolute Gasteiger partial charge is 0.416 e. The van der Waals surface area contributed by atoms with Gasteiger partial charge in [0.2, 0.25) is 0 Å². The Morgan fingerprint density at radius 1 is 1.25 bits per heavy atom. The molecule has 0 amide bonds. The SMILES string of the molecule is CC1(c2ccccc2C(F)(F)F)CCNC1. The van der Waals surface area contributed by atoms with Gasteiger partial charge in [-0.05, 0) is 24.6 Å². The van der Waals surface area contributed by atoms with E-state index < -0.39 is 17.2 Å². The quantitative estimate of drug-likeness (QED) is 0.780. The van der Waals surface area contributed by atoms with Crippen molar-refractivity contribution >= 4 is 0 Å². The molecule has 1 saturated heterocycles. The van der Waals surface area contributed by atoms with Crippen LogP contribution in [0.4, 0.5) is 13.2 Å². The van der Waals surface area contributed by atoms with Crippen LogP contribution in [0.3, 0.4) is 0 Å². The van der Waals surface area contributed by atoms with Gasteiger partial charge in [-0.1, -0.05) is 25.1 Å². The Kier molecular flexibility index (Phi) is 2.70. The Balaban J connectivity index is 2.48. The number of alkyl halides is 3. The fourth-order valence-corrected chi connectivity index (χ4v) is 2.30. The molecule has 1 aromatic carbocycles. The minimum atomic E-state index is -4.26. The van der Waals surface area contributed by atoms with Crippen LogP contribution in [0, 0.1) is 0 Å². The molecule has 4 heteroatoms. The highest BCUT2D eigenvalue weighted by atomic mass is 19.4. The average molecular weight is 229 g/mol. The van der Waals surface area contributed by atoms with Gasteiger partial charge in [0, 0.05) is 12.0 Å². The van der Waals surface area contributed by atoms with E-state index in [-0.39, 0.29) is 0 Å². The molecule has 88 valence electrons. The van der Waals surface area contributed by atoms with E-state index in [1.54, 1.807) is 12.1 Å². The van der Waals surface area contributed by atoms with E-state index >= 15 is 0 Å². The summed E-state index contributed by atoms with van der Waals surface area (Å²) >= 11 is 0. The van der Waals surface area contributed by atoms with Crippen molar-refractivity contribution in [2.24, 2.45) is 0 Å². The van der Waals surface area contributed by atoms with Crippen LogP contribution < -0.4 is 5.32 Å². The molecule has 0 radical (unpaired) electrons. The number of halogens is 3. The Morgan fingerprint density at radius 3 is 2.50 bits per heavy atom. The summed E-state index contributed by atoms with van der Waals surface area (Å²) in [6, 6.07) is 5.88. The first-order chi connectivity index (χ1) is 7.43. The predicted octanol–water partition coefficient (Wildman–Crippen LogP) is 2.96. The summed E-state index contributed by atoms with van der Waals surface area (Å²) in [6.45, 7) is 3.28. The molecule has 0 aromatic heterocycles. The molecule has 0 saturated carbocycles. The Bertz CT molecular complexity index is 378. The van der Waals surface area contributed by atoms with Crippen LogP contribution in [0.1, 0.15) is 24.5 Å². The second kappa shape index (κ2) is 3.77. The highest BCUT2D eigenvalue weighted by molar-refractivity contribution is 5.37. The second-order valence-electron chi connectivity index (χ2n) is 4.53. The molecular formula is C12H14F3N. The molecule has 1 aliphatic rings. The summed E-state index contributed by atoms with van der Waals surface area (Å²) in [5.41, 5.74) is -0.486. The first-order valence-electron chi connectivity index (χ1n) is 5.31. The third-order valence-corrected chi connectivity index (χ3v) is 3.25. The van der Waals surface area contributed by atoms with Crippen molar-refractivity contribution in [3.8, 4) is 0 Å². The molecule has 2 rings (SSSR count). The minimum Gasteiger partial charge on any atom is -0.316 e. The molecule has 1 aromatic rings. The average Bonchev–Trinajstić information content (AvgIpc) is 2.65. The summed E-state index contributed by atoms with van der Waals surface area (Å²) in [5.74, 6) is 0. The first kappa shape index (κ1) is 11.5. The number of rotatable bonds is 1.